The number of aryl methyl sites for hydroxylation is 1. The van der Waals surface area contributed by atoms with Crippen LogP contribution in [0.5, 0.6) is 0 Å². The van der Waals surface area contributed by atoms with Crippen molar-refractivity contribution in [1.29, 1.82) is 0 Å². The average molecular weight is 527 g/mol. The Morgan fingerprint density at radius 1 is 1.12 bits per heavy atom. The molecule has 0 saturated carbocycles. The second-order valence-electron chi connectivity index (χ2n) is 9.19. The molecule has 0 aliphatic carbocycles. The number of aromatic nitrogens is 2. The molecule has 0 unspecified atom stereocenters. The number of nitrogens with zero attached hydrogens (tertiary/aromatic N) is 3. The van der Waals surface area contributed by atoms with E-state index in [1.165, 1.54) is 4.90 Å². The van der Waals surface area contributed by atoms with E-state index in [0.29, 0.717) is 24.5 Å². The summed E-state index contributed by atoms with van der Waals surface area (Å²) in [6, 6.07) is 16.9. The predicted molar refractivity (Wildman–Crippen MR) is 138 cm³/mol. The first kappa shape index (κ1) is 25.6. The van der Waals surface area contributed by atoms with Gasteiger partial charge in [-0.2, -0.15) is 5.10 Å². The largest absolute Gasteiger partial charge is 0.383 e. The summed E-state index contributed by atoms with van der Waals surface area (Å²) in [5, 5.41) is 7.73. The lowest BCUT2D eigenvalue weighted by atomic mass is 9.92. The van der Waals surface area contributed by atoms with Crippen molar-refractivity contribution in [2.45, 2.75) is 33.1 Å². The first-order valence-electron chi connectivity index (χ1n) is 11.1. The standard InChI is InChI=1S/C26H31BrN4O3/c1-18-7-6-8-21(15-18)31-23(16-22(29-31)26(2,3)4)28-24(32)17-30(13-14-34-5)25(33)19-9-11-20(27)12-10-19/h6-12,15-16H,13-14,17H2,1-5H3,(H,28,32). The van der Waals surface area contributed by atoms with Gasteiger partial charge in [-0.1, -0.05) is 48.8 Å². The number of anilines is 1. The van der Waals surface area contributed by atoms with E-state index < -0.39 is 0 Å². The molecule has 0 saturated heterocycles. The number of hydrogen-bond acceptors (Lipinski definition) is 4. The van der Waals surface area contributed by atoms with Gasteiger partial charge >= 0.3 is 0 Å². The van der Waals surface area contributed by atoms with Crippen LogP contribution in [0.3, 0.4) is 0 Å². The van der Waals surface area contributed by atoms with Crippen LogP contribution < -0.4 is 5.32 Å². The van der Waals surface area contributed by atoms with Crippen LogP contribution in [0, 0.1) is 6.92 Å². The third-order valence-corrected chi connectivity index (χ3v) is 5.80. The molecule has 180 valence electrons. The van der Waals surface area contributed by atoms with Gasteiger partial charge in [-0.05, 0) is 48.9 Å². The summed E-state index contributed by atoms with van der Waals surface area (Å²) >= 11 is 3.38. The molecule has 0 aliphatic rings. The molecule has 3 rings (SSSR count). The molecule has 1 heterocycles. The molecule has 0 aliphatic heterocycles. The van der Waals surface area contributed by atoms with Gasteiger partial charge < -0.3 is 15.0 Å². The number of hydrogen-bond donors (Lipinski definition) is 1. The van der Waals surface area contributed by atoms with Crippen LogP contribution >= 0.6 is 15.9 Å². The maximum Gasteiger partial charge on any atom is 0.254 e. The highest BCUT2D eigenvalue weighted by Crippen LogP contribution is 2.26. The summed E-state index contributed by atoms with van der Waals surface area (Å²) in [4.78, 5) is 27.6. The van der Waals surface area contributed by atoms with Crippen molar-refractivity contribution in [3.05, 3.63) is 75.9 Å². The third kappa shape index (κ3) is 6.55. The number of methoxy groups -OCH3 is 1. The molecule has 1 aromatic heterocycles. The zero-order valence-corrected chi connectivity index (χ0v) is 21.8. The minimum absolute atomic E-state index is 0.109. The smallest absolute Gasteiger partial charge is 0.254 e. The van der Waals surface area contributed by atoms with Crippen molar-refractivity contribution in [3.8, 4) is 5.69 Å². The van der Waals surface area contributed by atoms with E-state index in [-0.39, 0.29) is 23.8 Å². The predicted octanol–water partition coefficient (Wildman–Crippen LogP) is 4.97. The number of halogens is 1. The number of rotatable bonds is 8. The monoisotopic (exact) mass is 526 g/mol. The topological polar surface area (TPSA) is 76.5 Å². The Morgan fingerprint density at radius 3 is 2.44 bits per heavy atom. The summed E-state index contributed by atoms with van der Waals surface area (Å²) in [6.07, 6.45) is 0. The highest BCUT2D eigenvalue weighted by Gasteiger charge is 2.23. The third-order valence-electron chi connectivity index (χ3n) is 5.27. The van der Waals surface area contributed by atoms with Crippen LogP contribution in [0.4, 0.5) is 5.82 Å². The zero-order chi connectivity index (χ0) is 24.9. The first-order valence-corrected chi connectivity index (χ1v) is 11.9. The highest BCUT2D eigenvalue weighted by atomic mass is 79.9. The second kappa shape index (κ2) is 11.0. The summed E-state index contributed by atoms with van der Waals surface area (Å²) in [5.74, 6) is 0.0152. The normalized spacial score (nSPS) is 11.4. The summed E-state index contributed by atoms with van der Waals surface area (Å²) in [5.41, 5.74) is 3.11. The fourth-order valence-corrected chi connectivity index (χ4v) is 3.64. The van der Waals surface area contributed by atoms with Gasteiger partial charge in [0, 0.05) is 35.2 Å². The van der Waals surface area contributed by atoms with E-state index in [1.807, 2.05) is 37.3 Å². The highest BCUT2D eigenvalue weighted by molar-refractivity contribution is 9.10. The first-order chi connectivity index (χ1) is 16.1. The minimum atomic E-state index is -0.309. The lowest BCUT2D eigenvalue weighted by molar-refractivity contribution is -0.117. The number of carbonyl (C=O) groups excluding carboxylic acids is 2. The van der Waals surface area contributed by atoms with Crippen LogP contribution in [0.15, 0.2) is 59.1 Å². The van der Waals surface area contributed by atoms with E-state index in [1.54, 1.807) is 36.1 Å². The maximum atomic E-state index is 13.1. The fraction of sp³-hybridized carbons (Fsp3) is 0.346. The van der Waals surface area contributed by atoms with Crippen LogP contribution in [-0.2, 0) is 14.9 Å². The Labute approximate surface area is 209 Å². The number of ether oxygens (including phenoxy) is 1. The fourth-order valence-electron chi connectivity index (χ4n) is 3.38. The Balaban J connectivity index is 1.85. The Bertz CT molecular complexity index is 1150. The molecule has 3 aromatic rings. The van der Waals surface area contributed by atoms with Crippen molar-refractivity contribution in [2.24, 2.45) is 0 Å². The molecule has 2 aromatic carbocycles. The zero-order valence-electron chi connectivity index (χ0n) is 20.3. The summed E-state index contributed by atoms with van der Waals surface area (Å²) in [6.45, 7) is 8.74. The van der Waals surface area contributed by atoms with E-state index in [9.17, 15) is 9.59 Å². The quantitative estimate of drug-likeness (QED) is 0.449. The molecule has 7 nitrogen and oxygen atoms in total. The molecule has 0 radical (unpaired) electrons. The molecule has 0 atom stereocenters. The second-order valence-corrected chi connectivity index (χ2v) is 10.1. The number of amides is 2. The lowest BCUT2D eigenvalue weighted by Crippen LogP contribution is -2.40. The number of nitrogens with one attached hydrogen (secondary N) is 1. The van der Waals surface area contributed by atoms with Gasteiger partial charge in [0.05, 0.1) is 18.0 Å². The van der Waals surface area contributed by atoms with E-state index in [4.69, 9.17) is 9.84 Å². The minimum Gasteiger partial charge on any atom is -0.383 e. The van der Waals surface area contributed by atoms with Crippen LogP contribution in [0.1, 0.15) is 42.4 Å². The number of carbonyl (C=O) groups is 2. The van der Waals surface area contributed by atoms with E-state index in [0.717, 1.165) is 21.4 Å². The van der Waals surface area contributed by atoms with Crippen molar-refractivity contribution in [2.75, 3.05) is 32.1 Å². The molecule has 1 N–H and O–H groups in total. The van der Waals surface area contributed by atoms with Gasteiger partial charge in [0.15, 0.2) is 0 Å². The maximum absolute atomic E-state index is 13.1. The van der Waals surface area contributed by atoms with E-state index in [2.05, 4.69) is 42.0 Å². The Hall–Kier alpha value is -2.97. The van der Waals surface area contributed by atoms with Gasteiger partial charge in [0.25, 0.3) is 5.91 Å². The molecule has 2 amide bonds. The lowest BCUT2D eigenvalue weighted by Gasteiger charge is -2.22. The van der Waals surface area contributed by atoms with Crippen molar-refractivity contribution in [1.82, 2.24) is 14.7 Å². The van der Waals surface area contributed by atoms with Crippen molar-refractivity contribution >= 4 is 33.6 Å². The molecule has 0 fully saturated rings. The van der Waals surface area contributed by atoms with Gasteiger partial charge in [-0.3, -0.25) is 9.59 Å². The summed E-state index contributed by atoms with van der Waals surface area (Å²) < 4.78 is 7.78. The molecule has 0 bridgehead atoms. The van der Waals surface area contributed by atoms with Gasteiger partial charge in [-0.25, -0.2) is 4.68 Å². The molecular formula is C26H31BrN4O3. The van der Waals surface area contributed by atoms with Gasteiger partial charge in [0.2, 0.25) is 5.91 Å². The van der Waals surface area contributed by atoms with Crippen molar-refractivity contribution < 1.29 is 14.3 Å². The molecular weight excluding hydrogens is 496 g/mol. The van der Waals surface area contributed by atoms with Crippen molar-refractivity contribution in [3.63, 3.8) is 0 Å². The van der Waals surface area contributed by atoms with Crippen LogP contribution in [-0.4, -0.2) is 53.3 Å². The molecule has 34 heavy (non-hydrogen) atoms. The van der Waals surface area contributed by atoms with Gasteiger partial charge in [0.1, 0.15) is 12.4 Å². The summed E-state index contributed by atoms with van der Waals surface area (Å²) in [7, 11) is 1.57. The van der Waals surface area contributed by atoms with Crippen LogP contribution in [0.25, 0.3) is 5.69 Å². The molecule has 8 heteroatoms. The Morgan fingerprint density at radius 2 is 1.82 bits per heavy atom. The van der Waals surface area contributed by atoms with Crippen LogP contribution in [0.2, 0.25) is 0 Å². The van der Waals surface area contributed by atoms with Gasteiger partial charge in [-0.15, -0.1) is 0 Å². The molecule has 0 spiro atoms. The SMILES string of the molecule is COCCN(CC(=O)Nc1cc(C(C)(C)C)nn1-c1cccc(C)c1)C(=O)c1ccc(Br)cc1. The number of benzene rings is 2. The Kier molecular flexibility index (Phi) is 8.28. The average Bonchev–Trinajstić information content (AvgIpc) is 3.21. The van der Waals surface area contributed by atoms with E-state index >= 15 is 0 Å².